The van der Waals surface area contributed by atoms with Gasteiger partial charge in [0.25, 0.3) is 0 Å². The molecule has 1 aromatic carbocycles. The summed E-state index contributed by atoms with van der Waals surface area (Å²) in [5.74, 6) is -0.252. The summed E-state index contributed by atoms with van der Waals surface area (Å²) in [4.78, 5) is 1.22. The highest BCUT2D eigenvalue weighted by molar-refractivity contribution is 7.10. The predicted molar refractivity (Wildman–Crippen MR) is 78.6 cm³/mol. The lowest BCUT2D eigenvalue weighted by molar-refractivity contribution is 0.102. The fourth-order valence-electron chi connectivity index (χ4n) is 1.76. The maximum absolute atomic E-state index is 13.3. The number of benzene rings is 1. The lowest BCUT2D eigenvalue weighted by Crippen LogP contribution is -2.32. The van der Waals surface area contributed by atoms with Gasteiger partial charge < -0.3 is 15.2 Å². The van der Waals surface area contributed by atoms with Gasteiger partial charge in [-0.05, 0) is 30.5 Å². The molecule has 0 bridgehead atoms. The van der Waals surface area contributed by atoms with E-state index in [-0.39, 0.29) is 18.4 Å². The van der Waals surface area contributed by atoms with Gasteiger partial charge in [-0.15, -0.1) is 11.3 Å². The van der Waals surface area contributed by atoms with Crippen LogP contribution in [0.25, 0.3) is 0 Å². The van der Waals surface area contributed by atoms with Crippen molar-refractivity contribution in [1.29, 1.82) is 0 Å². The van der Waals surface area contributed by atoms with Crippen molar-refractivity contribution in [2.75, 3.05) is 13.2 Å². The smallest absolute Gasteiger partial charge is 0.165 e. The maximum atomic E-state index is 13.3. The maximum Gasteiger partial charge on any atom is 0.165 e. The molecular formula is C15H18FNO2S. The fraction of sp³-hybridized carbons (Fsp3) is 0.333. The number of aliphatic hydroxyl groups is 1. The van der Waals surface area contributed by atoms with Crippen LogP contribution in [0, 0.1) is 5.82 Å². The van der Waals surface area contributed by atoms with Crippen LogP contribution in [0.15, 0.2) is 41.8 Å². The highest BCUT2D eigenvalue weighted by Crippen LogP contribution is 2.18. The second-order valence-corrected chi connectivity index (χ2v) is 5.52. The van der Waals surface area contributed by atoms with Crippen molar-refractivity contribution < 1.29 is 14.2 Å². The molecule has 0 aliphatic carbocycles. The average Bonchev–Trinajstić information content (AvgIpc) is 2.98. The molecule has 2 unspecified atom stereocenters. The van der Waals surface area contributed by atoms with E-state index in [1.807, 2.05) is 24.4 Å². The van der Waals surface area contributed by atoms with Crippen molar-refractivity contribution in [2.45, 2.75) is 19.1 Å². The Hall–Kier alpha value is -1.43. The summed E-state index contributed by atoms with van der Waals surface area (Å²) in [5.41, 5.74) is 0. The second kappa shape index (κ2) is 7.38. The van der Waals surface area contributed by atoms with E-state index >= 15 is 0 Å². The summed E-state index contributed by atoms with van der Waals surface area (Å²) in [7, 11) is 0. The first-order valence-electron chi connectivity index (χ1n) is 6.49. The monoisotopic (exact) mass is 295 g/mol. The fourth-order valence-corrected chi connectivity index (χ4v) is 2.52. The van der Waals surface area contributed by atoms with Gasteiger partial charge in [0.15, 0.2) is 11.6 Å². The number of para-hydroxylation sites is 1. The van der Waals surface area contributed by atoms with E-state index in [2.05, 4.69) is 5.32 Å². The standard InChI is InChI=1S/C15H18FNO2S/c1-11(15-7-4-8-20-15)17-9-12(18)10-19-14-6-3-2-5-13(14)16/h2-8,11-12,17-18H,9-10H2,1H3. The van der Waals surface area contributed by atoms with E-state index in [0.717, 1.165) is 0 Å². The van der Waals surface area contributed by atoms with Gasteiger partial charge in [-0.25, -0.2) is 4.39 Å². The molecule has 0 aliphatic heterocycles. The molecule has 0 amide bonds. The number of hydrogen-bond donors (Lipinski definition) is 2. The summed E-state index contributed by atoms with van der Waals surface area (Å²) in [6.45, 7) is 2.49. The zero-order chi connectivity index (χ0) is 14.4. The normalized spacial score (nSPS) is 13.9. The van der Waals surface area contributed by atoms with Gasteiger partial charge in [0.05, 0.1) is 0 Å². The van der Waals surface area contributed by atoms with Crippen molar-refractivity contribution in [3.63, 3.8) is 0 Å². The van der Waals surface area contributed by atoms with Gasteiger partial charge in [-0.1, -0.05) is 18.2 Å². The molecule has 2 N–H and O–H groups in total. The molecule has 2 atom stereocenters. The molecule has 1 heterocycles. The molecule has 5 heteroatoms. The largest absolute Gasteiger partial charge is 0.488 e. The molecule has 0 saturated heterocycles. The van der Waals surface area contributed by atoms with Crippen molar-refractivity contribution >= 4 is 11.3 Å². The predicted octanol–water partition coefficient (Wildman–Crippen LogP) is 2.98. The number of aliphatic hydroxyl groups excluding tert-OH is 1. The minimum Gasteiger partial charge on any atom is -0.488 e. The zero-order valence-corrected chi connectivity index (χ0v) is 12.1. The highest BCUT2D eigenvalue weighted by Gasteiger charge is 2.11. The van der Waals surface area contributed by atoms with Crippen LogP contribution in [0.5, 0.6) is 5.75 Å². The molecule has 0 fully saturated rings. The third kappa shape index (κ3) is 4.30. The van der Waals surface area contributed by atoms with E-state index < -0.39 is 11.9 Å². The molecule has 0 spiro atoms. The SMILES string of the molecule is CC(NCC(O)COc1ccccc1F)c1cccs1. The summed E-state index contributed by atoms with van der Waals surface area (Å²) >= 11 is 1.67. The Kier molecular flexibility index (Phi) is 5.52. The Morgan fingerprint density at radius 3 is 2.80 bits per heavy atom. The van der Waals surface area contributed by atoms with Gasteiger partial charge >= 0.3 is 0 Å². The van der Waals surface area contributed by atoms with E-state index in [1.54, 1.807) is 29.5 Å². The second-order valence-electron chi connectivity index (χ2n) is 4.54. The molecule has 3 nitrogen and oxygen atoms in total. The Labute approximate surface area is 122 Å². The molecule has 1 aromatic heterocycles. The van der Waals surface area contributed by atoms with Gasteiger partial charge in [0.1, 0.15) is 12.7 Å². The van der Waals surface area contributed by atoms with Crippen molar-refractivity contribution in [2.24, 2.45) is 0 Å². The van der Waals surface area contributed by atoms with E-state index in [4.69, 9.17) is 4.74 Å². The highest BCUT2D eigenvalue weighted by atomic mass is 32.1. The first-order valence-corrected chi connectivity index (χ1v) is 7.37. The van der Waals surface area contributed by atoms with Crippen LogP contribution in [-0.2, 0) is 0 Å². The minimum atomic E-state index is -0.683. The molecule has 20 heavy (non-hydrogen) atoms. The quantitative estimate of drug-likeness (QED) is 0.825. The van der Waals surface area contributed by atoms with Crippen LogP contribution < -0.4 is 10.1 Å². The molecule has 0 radical (unpaired) electrons. The zero-order valence-electron chi connectivity index (χ0n) is 11.3. The first kappa shape index (κ1) is 15.0. The van der Waals surface area contributed by atoms with Crippen LogP contribution in [0.3, 0.4) is 0 Å². The van der Waals surface area contributed by atoms with Gasteiger partial charge in [0, 0.05) is 17.5 Å². The third-order valence-corrected chi connectivity index (χ3v) is 3.95. The molecule has 0 saturated carbocycles. The van der Waals surface area contributed by atoms with Gasteiger partial charge in [-0.2, -0.15) is 0 Å². The lowest BCUT2D eigenvalue weighted by atomic mass is 10.2. The first-order chi connectivity index (χ1) is 9.66. The van der Waals surface area contributed by atoms with Crippen LogP contribution >= 0.6 is 11.3 Å². The lowest BCUT2D eigenvalue weighted by Gasteiger charge is -2.17. The Morgan fingerprint density at radius 2 is 2.10 bits per heavy atom. The number of halogens is 1. The molecule has 2 rings (SSSR count). The minimum absolute atomic E-state index is 0.0606. The number of ether oxygens (including phenoxy) is 1. The van der Waals surface area contributed by atoms with E-state index in [9.17, 15) is 9.50 Å². The van der Waals surface area contributed by atoms with Crippen molar-refractivity contribution in [3.8, 4) is 5.75 Å². The summed E-state index contributed by atoms with van der Waals surface area (Å²) in [6.07, 6.45) is -0.683. The molecule has 108 valence electrons. The molecule has 0 aliphatic rings. The topological polar surface area (TPSA) is 41.5 Å². The van der Waals surface area contributed by atoms with Gasteiger partial charge in [-0.3, -0.25) is 0 Å². The van der Waals surface area contributed by atoms with Crippen LogP contribution in [0.1, 0.15) is 17.8 Å². The van der Waals surface area contributed by atoms with Gasteiger partial charge in [0.2, 0.25) is 0 Å². The Balaban J connectivity index is 1.73. The van der Waals surface area contributed by atoms with Crippen LogP contribution in [-0.4, -0.2) is 24.4 Å². The third-order valence-electron chi connectivity index (χ3n) is 2.90. The molecular weight excluding hydrogens is 277 g/mol. The summed E-state index contributed by atoms with van der Waals surface area (Å²) in [5, 5.41) is 15.1. The number of nitrogens with one attached hydrogen (secondary N) is 1. The molecule has 2 aromatic rings. The van der Waals surface area contributed by atoms with E-state index in [0.29, 0.717) is 6.54 Å². The van der Waals surface area contributed by atoms with Crippen LogP contribution in [0.4, 0.5) is 4.39 Å². The number of rotatable bonds is 7. The summed E-state index contributed by atoms with van der Waals surface area (Å²) < 4.78 is 18.6. The number of hydrogen-bond acceptors (Lipinski definition) is 4. The van der Waals surface area contributed by atoms with E-state index in [1.165, 1.54) is 10.9 Å². The average molecular weight is 295 g/mol. The van der Waals surface area contributed by atoms with Crippen molar-refractivity contribution in [3.05, 3.63) is 52.5 Å². The summed E-state index contributed by atoms with van der Waals surface area (Å²) in [6, 6.07) is 10.4. The Morgan fingerprint density at radius 1 is 1.30 bits per heavy atom. The Bertz CT molecular complexity index is 518. The number of thiophene rings is 1. The van der Waals surface area contributed by atoms with Crippen molar-refractivity contribution in [1.82, 2.24) is 5.32 Å². The van der Waals surface area contributed by atoms with Crippen LogP contribution in [0.2, 0.25) is 0 Å².